The Morgan fingerprint density at radius 1 is 1.53 bits per heavy atom. The Bertz CT molecular complexity index is 351. The standard InChI is InChI=1S/C10H13NO4/c1-14-7-2-3-8(10(12)13)9(6-7)15-5-4-11/h2-3,6H,4-5,11H2,1H3,(H,12,13). The molecule has 1 rings (SSSR count). The van der Waals surface area contributed by atoms with Gasteiger partial charge in [-0.25, -0.2) is 4.79 Å². The first kappa shape index (κ1) is 11.3. The third-order valence-corrected chi connectivity index (χ3v) is 1.79. The first-order chi connectivity index (χ1) is 7.19. The van der Waals surface area contributed by atoms with Crippen molar-refractivity contribution in [1.29, 1.82) is 0 Å². The summed E-state index contributed by atoms with van der Waals surface area (Å²) in [5, 5.41) is 8.88. The van der Waals surface area contributed by atoms with Crippen molar-refractivity contribution < 1.29 is 19.4 Å². The van der Waals surface area contributed by atoms with Crippen LogP contribution in [0.2, 0.25) is 0 Å². The maximum Gasteiger partial charge on any atom is 0.339 e. The average Bonchev–Trinajstić information content (AvgIpc) is 2.25. The molecule has 0 spiro atoms. The van der Waals surface area contributed by atoms with Gasteiger partial charge in [0, 0.05) is 12.6 Å². The van der Waals surface area contributed by atoms with E-state index in [0.717, 1.165) is 0 Å². The Morgan fingerprint density at radius 3 is 2.80 bits per heavy atom. The highest BCUT2D eigenvalue weighted by atomic mass is 16.5. The van der Waals surface area contributed by atoms with Crippen LogP contribution in [0.1, 0.15) is 10.4 Å². The zero-order valence-electron chi connectivity index (χ0n) is 8.40. The fourth-order valence-electron chi connectivity index (χ4n) is 1.09. The molecule has 0 aliphatic heterocycles. The highest BCUT2D eigenvalue weighted by molar-refractivity contribution is 5.91. The molecule has 0 radical (unpaired) electrons. The lowest BCUT2D eigenvalue weighted by Gasteiger charge is -2.09. The molecule has 0 amide bonds. The Hall–Kier alpha value is -1.75. The van der Waals surface area contributed by atoms with E-state index in [4.69, 9.17) is 20.3 Å². The monoisotopic (exact) mass is 211 g/mol. The highest BCUT2D eigenvalue weighted by Gasteiger charge is 2.11. The van der Waals surface area contributed by atoms with Gasteiger partial charge in [-0.05, 0) is 12.1 Å². The number of hydrogen-bond donors (Lipinski definition) is 2. The molecule has 82 valence electrons. The molecule has 0 aliphatic rings. The molecule has 5 nitrogen and oxygen atoms in total. The predicted octanol–water partition coefficient (Wildman–Crippen LogP) is 0.731. The molecular formula is C10H13NO4. The van der Waals surface area contributed by atoms with Crippen LogP contribution in [0.4, 0.5) is 0 Å². The number of nitrogens with two attached hydrogens (primary N) is 1. The Labute approximate surface area is 87.4 Å². The van der Waals surface area contributed by atoms with Crippen LogP contribution in [-0.2, 0) is 0 Å². The van der Waals surface area contributed by atoms with Gasteiger partial charge in [-0.2, -0.15) is 0 Å². The maximum atomic E-state index is 10.8. The van der Waals surface area contributed by atoms with Gasteiger partial charge >= 0.3 is 5.97 Å². The lowest BCUT2D eigenvalue weighted by Crippen LogP contribution is -2.12. The van der Waals surface area contributed by atoms with Gasteiger partial charge in [0.1, 0.15) is 23.7 Å². The van der Waals surface area contributed by atoms with Crippen LogP contribution in [0, 0.1) is 0 Å². The van der Waals surface area contributed by atoms with Crippen LogP contribution < -0.4 is 15.2 Å². The van der Waals surface area contributed by atoms with E-state index in [1.165, 1.54) is 19.2 Å². The molecule has 0 atom stereocenters. The molecule has 0 saturated heterocycles. The average molecular weight is 211 g/mol. The topological polar surface area (TPSA) is 81.8 Å². The van der Waals surface area contributed by atoms with Crippen molar-refractivity contribution in [3.05, 3.63) is 23.8 Å². The van der Waals surface area contributed by atoms with Crippen molar-refractivity contribution in [3.63, 3.8) is 0 Å². The summed E-state index contributed by atoms with van der Waals surface area (Å²) in [5.74, 6) is -0.219. The lowest BCUT2D eigenvalue weighted by molar-refractivity contribution is 0.0692. The molecule has 5 heteroatoms. The van der Waals surface area contributed by atoms with Crippen molar-refractivity contribution >= 4 is 5.97 Å². The minimum absolute atomic E-state index is 0.101. The van der Waals surface area contributed by atoms with Crippen LogP contribution in [0.25, 0.3) is 0 Å². The fourth-order valence-corrected chi connectivity index (χ4v) is 1.09. The molecular weight excluding hydrogens is 198 g/mol. The smallest absolute Gasteiger partial charge is 0.339 e. The number of hydrogen-bond acceptors (Lipinski definition) is 4. The highest BCUT2D eigenvalue weighted by Crippen LogP contribution is 2.24. The van der Waals surface area contributed by atoms with Crippen LogP contribution in [0.5, 0.6) is 11.5 Å². The van der Waals surface area contributed by atoms with Gasteiger partial charge in [-0.15, -0.1) is 0 Å². The number of ether oxygens (including phenoxy) is 2. The Kier molecular flexibility index (Phi) is 3.93. The maximum absolute atomic E-state index is 10.8. The van der Waals surface area contributed by atoms with Gasteiger partial charge in [-0.3, -0.25) is 0 Å². The summed E-state index contributed by atoms with van der Waals surface area (Å²) in [6.45, 7) is 0.601. The second kappa shape index (κ2) is 5.21. The van der Waals surface area contributed by atoms with Gasteiger partial charge in [-0.1, -0.05) is 0 Å². The number of aromatic carboxylic acids is 1. The van der Waals surface area contributed by atoms with Crippen LogP contribution >= 0.6 is 0 Å². The first-order valence-electron chi connectivity index (χ1n) is 4.43. The van der Waals surface area contributed by atoms with Crippen LogP contribution in [0.15, 0.2) is 18.2 Å². The quantitative estimate of drug-likeness (QED) is 0.750. The van der Waals surface area contributed by atoms with E-state index in [1.807, 2.05) is 0 Å². The van der Waals surface area contributed by atoms with E-state index in [0.29, 0.717) is 12.3 Å². The first-order valence-corrected chi connectivity index (χ1v) is 4.43. The van der Waals surface area contributed by atoms with E-state index in [-0.39, 0.29) is 17.9 Å². The molecule has 0 heterocycles. The molecule has 3 N–H and O–H groups in total. The summed E-state index contributed by atoms with van der Waals surface area (Å²) in [4.78, 5) is 10.8. The minimum atomic E-state index is -1.04. The summed E-state index contributed by atoms with van der Waals surface area (Å²) < 4.78 is 10.2. The van der Waals surface area contributed by atoms with Crippen LogP contribution in [0.3, 0.4) is 0 Å². The van der Waals surface area contributed by atoms with Crippen molar-refractivity contribution in [3.8, 4) is 11.5 Å². The van der Waals surface area contributed by atoms with Gasteiger partial charge in [0.05, 0.1) is 7.11 Å². The third kappa shape index (κ3) is 2.85. The Balaban J connectivity index is 2.99. The summed E-state index contributed by atoms with van der Waals surface area (Å²) >= 11 is 0. The summed E-state index contributed by atoms with van der Waals surface area (Å²) in [5.41, 5.74) is 5.37. The zero-order valence-corrected chi connectivity index (χ0v) is 8.40. The second-order valence-corrected chi connectivity index (χ2v) is 2.80. The van der Waals surface area contributed by atoms with Gasteiger partial charge < -0.3 is 20.3 Å². The minimum Gasteiger partial charge on any atom is -0.497 e. The van der Waals surface area contributed by atoms with Gasteiger partial charge in [0.15, 0.2) is 0 Å². The molecule has 0 aromatic heterocycles. The molecule has 15 heavy (non-hydrogen) atoms. The summed E-state index contributed by atoms with van der Waals surface area (Å²) in [6, 6.07) is 4.53. The van der Waals surface area contributed by atoms with Gasteiger partial charge in [0.2, 0.25) is 0 Å². The van der Waals surface area contributed by atoms with E-state index >= 15 is 0 Å². The molecule has 1 aromatic carbocycles. The summed E-state index contributed by atoms with van der Waals surface area (Å²) in [6.07, 6.45) is 0. The molecule has 0 bridgehead atoms. The van der Waals surface area contributed by atoms with E-state index in [9.17, 15) is 4.79 Å². The largest absolute Gasteiger partial charge is 0.497 e. The van der Waals surface area contributed by atoms with Crippen molar-refractivity contribution in [1.82, 2.24) is 0 Å². The number of carboxylic acid groups (broad SMARTS) is 1. The van der Waals surface area contributed by atoms with E-state index in [2.05, 4.69) is 0 Å². The van der Waals surface area contributed by atoms with Gasteiger partial charge in [0.25, 0.3) is 0 Å². The zero-order chi connectivity index (χ0) is 11.3. The number of carbonyl (C=O) groups is 1. The molecule has 0 aliphatic carbocycles. The number of methoxy groups -OCH3 is 1. The van der Waals surface area contributed by atoms with E-state index < -0.39 is 5.97 Å². The van der Waals surface area contributed by atoms with E-state index in [1.54, 1.807) is 6.07 Å². The van der Waals surface area contributed by atoms with Crippen molar-refractivity contribution in [2.24, 2.45) is 5.73 Å². The normalized spacial score (nSPS) is 9.73. The Morgan fingerprint density at radius 2 is 2.27 bits per heavy atom. The molecule has 0 saturated carbocycles. The number of rotatable bonds is 5. The number of carboxylic acids is 1. The number of benzene rings is 1. The fraction of sp³-hybridized carbons (Fsp3) is 0.300. The third-order valence-electron chi connectivity index (χ3n) is 1.79. The van der Waals surface area contributed by atoms with Crippen molar-refractivity contribution in [2.75, 3.05) is 20.3 Å². The molecule has 0 fully saturated rings. The second-order valence-electron chi connectivity index (χ2n) is 2.80. The SMILES string of the molecule is COc1ccc(C(=O)O)c(OCCN)c1. The summed E-state index contributed by atoms with van der Waals surface area (Å²) in [7, 11) is 1.50. The lowest BCUT2D eigenvalue weighted by atomic mass is 10.2. The molecule has 1 aromatic rings. The predicted molar refractivity (Wildman–Crippen MR) is 54.5 cm³/mol. The van der Waals surface area contributed by atoms with Crippen molar-refractivity contribution in [2.45, 2.75) is 0 Å². The molecule has 0 unspecified atom stereocenters. The van der Waals surface area contributed by atoms with Crippen LogP contribution in [-0.4, -0.2) is 31.3 Å².